The molecule has 0 radical (unpaired) electrons. The van der Waals surface area contributed by atoms with E-state index in [9.17, 15) is 38.0 Å². The third-order valence-corrected chi connectivity index (χ3v) is 6.08. The van der Waals surface area contributed by atoms with Crippen LogP contribution >= 0.6 is 0 Å². The lowest BCUT2D eigenvalue weighted by molar-refractivity contribution is -0.246. The Balaban J connectivity index is 1.95. The Morgan fingerprint density at radius 3 is 2.19 bits per heavy atom. The Morgan fingerprint density at radius 2 is 1.58 bits per heavy atom. The van der Waals surface area contributed by atoms with Crippen molar-refractivity contribution in [3.63, 3.8) is 0 Å². The maximum atomic E-state index is 14.5. The second-order valence-corrected chi connectivity index (χ2v) is 7.81. The average Bonchev–Trinajstić information content (AvgIpc) is 3.33. The van der Waals surface area contributed by atoms with Crippen LogP contribution < -0.4 is 0 Å². The topological polar surface area (TPSA) is 93.3 Å². The van der Waals surface area contributed by atoms with Crippen molar-refractivity contribution in [3.05, 3.63) is 65.0 Å². The summed E-state index contributed by atoms with van der Waals surface area (Å²) in [6.07, 6.45) is -2.35. The first-order valence-corrected chi connectivity index (χ1v) is 9.44. The number of aliphatic imine (C=N–C) groups is 1. The molecule has 4 N–H and O–H groups in total. The quantitative estimate of drug-likeness (QED) is 0.541. The summed E-state index contributed by atoms with van der Waals surface area (Å²) in [6.45, 7) is -1.78. The second kappa shape index (κ2) is 7.23. The zero-order valence-corrected chi connectivity index (χ0v) is 16.1. The van der Waals surface area contributed by atoms with E-state index in [1.165, 1.54) is 30.5 Å². The van der Waals surface area contributed by atoms with Crippen molar-refractivity contribution in [2.75, 3.05) is 19.8 Å². The van der Waals surface area contributed by atoms with E-state index in [0.29, 0.717) is 6.07 Å². The van der Waals surface area contributed by atoms with Crippen LogP contribution in [0.3, 0.4) is 0 Å². The molecule has 0 spiro atoms. The van der Waals surface area contributed by atoms with Gasteiger partial charge in [0.05, 0.1) is 31.3 Å². The highest BCUT2D eigenvalue weighted by Gasteiger charge is 2.61. The molecule has 0 fully saturated rings. The van der Waals surface area contributed by atoms with E-state index in [4.69, 9.17) is 0 Å². The summed E-state index contributed by atoms with van der Waals surface area (Å²) in [7, 11) is 0. The highest BCUT2D eigenvalue weighted by molar-refractivity contribution is 6.15. The predicted molar refractivity (Wildman–Crippen MR) is 105 cm³/mol. The van der Waals surface area contributed by atoms with E-state index in [2.05, 4.69) is 4.99 Å². The Kier molecular flexibility index (Phi) is 5.05. The van der Waals surface area contributed by atoms with Crippen molar-refractivity contribution in [1.29, 1.82) is 0 Å². The smallest absolute Gasteiger partial charge is 0.396 e. The third-order valence-electron chi connectivity index (χ3n) is 6.08. The standard InChI is InChI=1S/C22H19F4NO4/c23-13-6-15(12-5-18(27-8-12)20(9-28,10-29)11-30)19-14-3-1-2-4-16(14)21(31,17(19)7-13)22(24,25)26/h1-8,18,28-31H,9-11H2/t18?,21-/m1/s1. The fourth-order valence-electron chi connectivity index (χ4n) is 4.22. The molecule has 1 aliphatic carbocycles. The van der Waals surface area contributed by atoms with Gasteiger partial charge in [-0.15, -0.1) is 0 Å². The molecule has 2 aromatic rings. The number of aliphatic hydroxyl groups is 4. The van der Waals surface area contributed by atoms with Gasteiger partial charge in [0.15, 0.2) is 0 Å². The zero-order valence-electron chi connectivity index (χ0n) is 16.1. The van der Waals surface area contributed by atoms with Crippen LogP contribution in [0.15, 0.2) is 47.5 Å². The fourth-order valence-corrected chi connectivity index (χ4v) is 4.22. The van der Waals surface area contributed by atoms with Crippen LogP contribution in [-0.4, -0.2) is 58.7 Å². The highest BCUT2D eigenvalue weighted by Crippen LogP contribution is 2.56. The molecule has 2 aliphatic rings. The van der Waals surface area contributed by atoms with Gasteiger partial charge in [-0.1, -0.05) is 24.3 Å². The van der Waals surface area contributed by atoms with E-state index in [-0.39, 0.29) is 22.3 Å². The first-order valence-electron chi connectivity index (χ1n) is 9.44. The Morgan fingerprint density at radius 1 is 0.935 bits per heavy atom. The van der Waals surface area contributed by atoms with Gasteiger partial charge in [0.2, 0.25) is 5.60 Å². The van der Waals surface area contributed by atoms with E-state index in [1.54, 1.807) is 0 Å². The number of rotatable bonds is 5. The zero-order chi connectivity index (χ0) is 22.6. The molecule has 2 atom stereocenters. The van der Waals surface area contributed by atoms with Gasteiger partial charge in [-0.2, -0.15) is 13.2 Å². The molecule has 0 aromatic heterocycles. The molecule has 2 aromatic carbocycles. The summed E-state index contributed by atoms with van der Waals surface area (Å²) >= 11 is 0. The molecule has 1 unspecified atom stereocenters. The number of allylic oxidation sites excluding steroid dienone is 1. The average molecular weight is 437 g/mol. The lowest BCUT2D eigenvalue weighted by atomic mass is 9.82. The summed E-state index contributed by atoms with van der Waals surface area (Å²) in [5.41, 5.74) is -5.31. The lowest BCUT2D eigenvalue weighted by Crippen LogP contribution is -2.42. The molecule has 0 saturated heterocycles. The van der Waals surface area contributed by atoms with Crippen molar-refractivity contribution >= 4 is 11.8 Å². The van der Waals surface area contributed by atoms with Gasteiger partial charge in [-0.25, -0.2) is 4.39 Å². The highest BCUT2D eigenvalue weighted by atomic mass is 19.4. The number of nitrogens with zero attached hydrogens (tertiary/aromatic N) is 1. The summed E-state index contributed by atoms with van der Waals surface area (Å²) in [4.78, 5) is 4.17. The van der Waals surface area contributed by atoms with Crippen LogP contribution in [0.1, 0.15) is 16.7 Å². The Bertz CT molecular complexity index is 1080. The fraction of sp³-hybridized carbons (Fsp3) is 0.318. The molecule has 1 aliphatic heterocycles. The molecule has 5 nitrogen and oxygen atoms in total. The summed E-state index contributed by atoms with van der Waals surface area (Å²) in [5, 5.41) is 39.7. The van der Waals surface area contributed by atoms with Crippen molar-refractivity contribution in [1.82, 2.24) is 0 Å². The minimum absolute atomic E-state index is 0.0257. The monoisotopic (exact) mass is 437 g/mol. The Labute approximate surface area is 174 Å². The van der Waals surface area contributed by atoms with Crippen LogP contribution in [0, 0.1) is 11.2 Å². The number of benzene rings is 2. The van der Waals surface area contributed by atoms with E-state index in [1.807, 2.05) is 0 Å². The molecule has 1 heterocycles. The van der Waals surface area contributed by atoms with Gasteiger partial charge in [0.1, 0.15) is 5.82 Å². The maximum absolute atomic E-state index is 14.5. The Hall–Kier alpha value is -2.59. The van der Waals surface area contributed by atoms with Crippen LogP contribution in [0.5, 0.6) is 0 Å². The number of aliphatic hydroxyl groups excluding tert-OH is 3. The van der Waals surface area contributed by atoms with Crippen molar-refractivity contribution < 1.29 is 38.0 Å². The molecule has 9 heteroatoms. The molecular weight excluding hydrogens is 418 g/mol. The van der Waals surface area contributed by atoms with Gasteiger partial charge in [0, 0.05) is 17.3 Å². The normalized spacial score (nSPS) is 22.5. The minimum atomic E-state index is -5.10. The van der Waals surface area contributed by atoms with Crippen molar-refractivity contribution in [2.45, 2.75) is 17.8 Å². The van der Waals surface area contributed by atoms with E-state index < -0.39 is 60.0 Å². The van der Waals surface area contributed by atoms with Crippen LogP contribution in [-0.2, 0) is 5.60 Å². The number of hydrogen-bond donors (Lipinski definition) is 4. The molecule has 0 bridgehead atoms. The molecule has 31 heavy (non-hydrogen) atoms. The molecule has 4 rings (SSSR count). The number of fused-ring (bicyclic) bond motifs is 3. The van der Waals surface area contributed by atoms with Crippen molar-refractivity contribution in [2.24, 2.45) is 10.4 Å². The largest absolute Gasteiger partial charge is 0.425 e. The van der Waals surface area contributed by atoms with Gasteiger partial charge in [-0.3, -0.25) is 4.99 Å². The predicted octanol–water partition coefficient (Wildman–Crippen LogP) is 2.40. The lowest BCUT2D eigenvalue weighted by Gasteiger charge is -2.30. The first-order chi connectivity index (χ1) is 14.6. The van der Waals surface area contributed by atoms with Crippen LogP contribution in [0.2, 0.25) is 0 Å². The second-order valence-electron chi connectivity index (χ2n) is 7.81. The minimum Gasteiger partial charge on any atom is -0.396 e. The van der Waals surface area contributed by atoms with Crippen LogP contribution in [0.25, 0.3) is 16.7 Å². The molecule has 0 amide bonds. The SMILES string of the molecule is OCC(CO)(CO)C1C=C(c2cc(F)cc3c2-c2ccccc2[C@]3(O)C(F)(F)F)C=N1. The summed E-state index contributed by atoms with van der Waals surface area (Å²) in [5.74, 6) is -0.972. The van der Waals surface area contributed by atoms with Gasteiger partial charge in [0.25, 0.3) is 0 Å². The summed E-state index contributed by atoms with van der Waals surface area (Å²) in [6, 6.07) is 6.31. The van der Waals surface area contributed by atoms with Crippen molar-refractivity contribution in [3.8, 4) is 11.1 Å². The van der Waals surface area contributed by atoms with Gasteiger partial charge >= 0.3 is 6.18 Å². The molecule has 164 valence electrons. The molecular formula is C22H19F4NO4. The van der Waals surface area contributed by atoms with E-state index in [0.717, 1.165) is 12.1 Å². The van der Waals surface area contributed by atoms with Gasteiger partial charge in [-0.05, 0) is 40.5 Å². The molecule has 0 saturated carbocycles. The third kappa shape index (κ3) is 2.95. The van der Waals surface area contributed by atoms with Gasteiger partial charge < -0.3 is 20.4 Å². The maximum Gasteiger partial charge on any atom is 0.425 e. The number of alkyl halides is 3. The summed E-state index contributed by atoms with van der Waals surface area (Å²) < 4.78 is 56.5. The first kappa shape index (κ1) is 21.6. The van der Waals surface area contributed by atoms with E-state index >= 15 is 0 Å². The number of halogens is 4. The van der Waals surface area contributed by atoms with Crippen LogP contribution in [0.4, 0.5) is 17.6 Å². The number of hydrogen-bond acceptors (Lipinski definition) is 5.